The van der Waals surface area contributed by atoms with Gasteiger partial charge in [-0.1, -0.05) is 29.4 Å². The van der Waals surface area contributed by atoms with Crippen molar-refractivity contribution in [2.45, 2.75) is 33.7 Å². The first kappa shape index (κ1) is 13.3. The summed E-state index contributed by atoms with van der Waals surface area (Å²) in [5.74, 6) is 0.696. The molecule has 0 aliphatic heterocycles. The maximum atomic E-state index is 11.9. The van der Waals surface area contributed by atoms with E-state index in [-0.39, 0.29) is 5.91 Å². The molecule has 1 aromatic heterocycles. The molecule has 0 unspecified atom stereocenters. The first-order valence-corrected chi connectivity index (χ1v) is 6.31. The highest BCUT2D eigenvalue weighted by molar-refractivity contribution is 5.79. The molecule has 100 valence electrons. The highest BCUT2D eigenvalue weighted by atomic mass is 16.5. The van der Waals surface area contributed by atoms with E-state index in [0.29, 0.717) is 18.7 Å². The van der Waals surface area contributed by atoms with Crippen molar-refractivity contribution in [2.24, 2.45) is 0 Å². The van der Waals surface area contributed by atoms with Gasteiger partial charge in [0.2, 0.25) is 5.91 Å². The molecule has 0 radical (unpaired) electrons. The highest BCUT2D eigenvalue weighted by Crippen LogP contribution is 2.13. The third-order valence-corrected chi connectivity index (χ3v) is 3.26. The fourth-order valence-electron chi connectivity index (χ4n) is 1.98. The highest BCUT2D eigenvalue weighted by Gasteiger charge is 2.13. The summed E-state index contributed by atoms with van der Waals surface area (Å²) in [5.41, 5.74) is 3.97. The number of carbonyl (C=O) groups excluding carboxylic acids is 1. The fourth-order valence-corrected chi connectivity index (χ4v) is 1.98. The first-order valence-electron chi connectivity index (χ1n) is 6.31. The van der Waals surface area contributed by atoms with Gasteiger partial charge in [0, 0.05) is 12.1 Å². The summed E-state index contributed by atoms with van der Waals surface area (Å²) in [4.78, 5) is 11.9. The predicted molar refractivity (Wildman–Crippen MR) is 72.7 cm³/mol. The van der Waals surface area contributed by atoms with Gasteiger partial charge < -0.3 is 9.84 Å². The molecule has 0 saturated carbocycles. The summed E-state index contributed by atoms with van der Waals surface area (Å²) >= 11 is 0. The van der Waals surface area contributed by atoms with Crippen LogP contribution in [0, 0.1) is 20.8 Å². The largest absolute Gasteiger partial charge is 0.361 e. The lowest BCUT2D eigenvalue weighted by atomic mass is 10.1. The number of rotatable bonds is 4. The van der Waals surface area contributed by atoms with Gasteiger partial charge in [0.25, 0.3) is 0 Å². The van der Waals surface area contributed by atoms with E-state index in [9.17, 15) is 4.79 Å². The Labute approximate surface area is 112 Å². The Balaban J connectivity index is 1.94. The van der Waals surface area contributed by atoms with Crippen molar-refractivity contribution in [1.82, 2.24) is 10.5 Å². The molecule has 1 N–H and O–H groups in total. The van der Waals surface area contributed by atoms with Gasteiger partial charge in [0.05, 0.1) is 12.1 Å². The SMILES string of the molecule is Cc1ccccc1CNC(=O)Cc1c(C)noc1C. The molecule has 2 aromatic rings. The molecule has 0 spiro atoms. The topological polar surface area (TPSA) is 55.1 Å². The summed E-state index contributed by atoms with van der Waals surface area (Å²) in [6, 6.07) is 8.02. The second kappa shape index (κ2) is 5.69. The minimum absolute atomic E-state index is 0.0161. The van der Waals surface area contributed by atoms with Gasteiger partial charge in [0.1, 0.15) is 5.76 Å². The van der Waals surface area contributed by atoms with E-state index in [1.165, 1.54) is 5.56 Å². The van der Waals surface area contributed by atoms with Crippen LogP contribution >= 0.6 is 0 Å². The summed E-state index contributed by atoms with van der Waals surface area (Å²) in [7, 11) is 0. The average Bonchev–Trinajstić information content (AvgIpc) is 2.70. The van der Waals surface area contributed by atoms with E-state index < -0.39 is 0 Å². The van der Waals surface area contributed by atoms with Gasteiger partial charge in [-0.3, -0.25) is 4.79 Å². The van der Waals surface area contributed by atoms with E-state index in [2.05, 4.69) is 10.5 Å². The van der Waals surface area contributed by atoms with Crippen LogP contribution in [-0.2, 0) is 17.8 Å². The van der Waals surface area contributed by atoms with Crippen LogP contribution in [0.4, 0.5) is 0 Å². The average molecular weight is 258 g/mol. The number of hydrogen-bond donors (Lipinski definition) is 1. The van der Waals surface area contributed by atoms with E-state index in [1.807, 2.05) is 45.0 Å². The van der Waals surface area contributed by atoms with Crippen molar-refractivity contribution in [3.63, 3.8) is 0 Å². The zero-order chi connectivity index (χ0) is 13.8. The van der Waals surface area contributed by atoms with Gasteiger partial charge in [-0.2, -0.15) is 0 Å². The summed E-state index contributed by atoms with van der Waals surface area (Å²) in [5, 5.41) is 6.77. The van der Waals surface area contributed by atoms with Crippen LogP contribution in [0.25, 0.3) is 0 Å². The van der Waals surface area contributed by atoms with Crippen molar-refractivity contribution in [3.8, 4) is 0 Å². The van der Waals surface area contributed by atoms with Gasteiger partial charge in [0.15, 0.2) is 0 Å². The lowest BCUT2D eigenvalue weighted by molar-refractivity contribution is -0.120. The number of hydrogen-bond acceptors (Lipinski definition) is 3. The maximum absolute atomic E-state index is 11.9. The minimum atomic E-state index is -0.0161. The Morgan fingerprint density at radius 3 is 2.63 bits per heavy atom. The van der Waals surface area contributed by atoms with Crippen molar-refractivity contribution in [2.75, 3.05) is 0 Å². The lowest BCUT2D eigenvalue weighted by Crippen LogP contribution is -2.25. The molecular formula is C15H18N2O2. The summed E-state index contributed by atoms with van der Waals surface area (Å²) in [6.45, 7) is 6.26. The molecule has 0 aliphatic rings. The molecular weight excluding hydrogens is 240 g/mol. The Morgan fingerprint density at radius 1 is 1.26 bits per heavy atom. The second-order valence-electron chi connectivity index (χ2n) is 4.68. The zero-order valence-electron chi connectivity index (χ0n) is 11.5. The lowest BCUT2D eigenvalue weighted by Gasteiger charge is -2.07. The zero-order valence-corrected chi connectivity index (χ0v) is 11.5. The quantitative estimate of drug-likeness (QED) is 0.916. The smallest absolute Gasteiger partial charge is 0.224 e. The molecule has 2 rings (SSSR count). The van der Waals surface area contributed by atoms with Crippen LogP contribution in [0.1, 0.15) is 28.1 Å². The minimum Gasteiger partial charge on any atom is -0.361 e. The summed E-state index contributed by atoms with van der Waals surface area (Å²) < 4.78 is 5.05. The van der Waals surface area contributed by atoms with E-state index in [1.54, 1.807) is 0 Å². The molecule has 19 heavy (non-hydrogen) atoms. The van der Waals surface area contributed by atoms with E-state index >= 15 is 0 Å². The van der Waals surface area contributed by atoms with E-state index in [4.69, 9.17) is 4.52 Å². The van der Waals surface area contributed by atoms with Crippen molar-refractivity contribution < 1.29 is 9.32 Å². The number of amides is 1. The number of nitrogens with one attached hydrogen (secondary N) is 1. The van der Waals surface area contributed by atoms with Crippen LogP contribution in [-0.4, -0.2) is 11.1 Å². The van der Waals surface area contributed by atoms with Crippen molar-refractivity contribution >= 4 is 5.91 Å². The normalized spacial score (nSPS) is 10.5. The standard InChI is InChI=1S/C15H18N2O2/c1-10-6-4-5-7-13(10)9-16-15(18)8-14-11(2)17-19-12(14)3/h4-7H,8-9H2,1-3H3,(H,16,18). The van der Waals surface area contributed by atoms with Gasteiger partial charge in [-0.25, -0.2) is 0 Å². The Hall–Kier alpha value is -2.10. The van der Waals surface area contributed by atoms with Gasteiger partial charge in [-0.05, 0) is 31.9 Å². The monoisotopic (exact) mass is 258 g/mol. The van der Waals surface area contributed by atoms with Crippen LogP contribution < -0.4 is 5.32 Å². The molecule has 0 atom stereocenters. The van der Waals surface area contributed by atoms with Crippen LogP contribution in [0.2, 0.25) is 0 Å². The number of aryl methyl sites for hydroxylation is 3. The Morgan fingerprint density at radius 2 is 2.00 bits per heavy atom. The maximum Gasteiger partial charge on any atom is 0.224 e. The fraction of sp³-hybridized carbons (Fsp3) is 0.333. The van der Waals surface area contributed by atoms with Gasteiger partial charge >= 0.3 is 0 Å². The number of benzene rings is 1. The molecule has 4 nitrogen and oxygen atoms in total. The Kier molecular flexibility index (Phi) is 4.00. The molecule has 0 bridgehead atoms. The summed E-state index contributed by atoms with van der Waals surface area (Å²) in [6.07, 6.45) is 0.313. The van der Waals surface area contributed by atoms with Crippen molar-refractivity contribution in [3.05, 3.63) is 52.4 Å². The third kappa shape index (κ3) is 3.22. The Bertz CT molecular complexity index is 568. The number of aromatic nitrogens is 1. The molecule has 1 heterocycles. The van der Waals surface area contributed by atoms with Crippen molar-refractivity contribution in [1.29, 1.82) is 0 Å². The van der Waals surface area contributed by atoms with Crippen LogP contribution in [0.3, 0.4) is 0 Å². The molecule has 1 amide bonds. The predicted octanol–water partition coefficient (Wildman–Crippen LogP) is 2.46. The van der Waals surface area contributed by atoms with E-state index in [0.717, 1.165) is 16.8 Å². The van der Waals surface area contributed by atoms with Gasteiger partial charge in [-0.15, -0.1) is 0 Å². The molecule has 0 aliphatic carbocycles. The first-order chi connectivity index (χ1) is 9.08. The molecule has 1 aromatic carbocycles. The molecule has 0 fully saturated rings. The number of carbonyl (C=O) groups is 1. The third-order valence-electron chi connectivity index (χ3n) is 3.26. The molecule has 4 heteroatoms. The van der Waals surface area contributed by atoms with Crippen LogP contribution in [0.15, 0.2) is 28.8 Å². The molecule has 0 saturated heterocycles. The second-order valence-corrected chi connectivity index (χ2v) is 4.68. The van der Waals surface area contributed by atoms with Crippen LogP contribution in [0.5, 0.6) is 0 Å². The number of nitrogens with zero attached hydrogens (tertiary/aromatic N) is 1.